The second-order valence-electron chi connectivity index (χ2n) is 7.80. The van der Waals surface area contributed by atoms with Crippen LogP contribution in [0.15, 0.2) is 45.6 Å². The van der Waals surface area contributed by atoms with Crippen molar-refractivity contribution in [2.24, 2.45) is 0 Å². The van der Waals surface area contributed by atoms with Crippen LogP contribution in [-0.4, -0.2) is 54.9 Å². The Morgan fingerprint density at radius 3 is 2.45 bits per heavy atom. The van der Waals surface area contributed by atoms with Crippen LogP contribution in [0.3, 0.4) is 0 Å². The highest BCUT2D eigenvalue weighted by atomic mass is 16.5. The molecule has 2 aromatic heterocycles. The molecule has 3 heterocycles. The largest absolute Gasteiger partial charge is 0.496 e. The van der Waals surface area contributed by atoms with Gasteiger partial charge >= 0.3 is 0 Å². The van der Waals surface area contributed by atoms with E-state index in [2.05, 4.69) is 0 Å². The summed E-state index contributed by atoms with van der Waals surface area (Å²) in [4.78, 5) is 28.8. The first-order valence-corrected chi connectivity index (χ1v) is 10.3. The molecule has 2 amide bonds. The van der Waals surface area contributed by atoms with E-state index in [-0.39, 0.29) is 11.8 Å². The van der Waals surface area contributed by atoms with Gasteiger partial charge in [0.15, 0.2) is 5.76 Å². The van der Waals surface area contributed by atoms with Crippen LogP contribution < -0.4 is 4.74 Å². The number of hydrogen-bond donors (Lipinski definition) is 0. The molecule has 31 heavy (non-hydrogen) atoms. The fraction of sp³-hybridized carbons (Fsp3) is 0.333. The lowest BCUT2D eigenvalue weighted by molar-refractivity contribution is -0.127. The van der Waals surface area contributed by atoms with Gasteiger partial charge in [0.05, 0.1) is 19.6 Å². The molecule has 4 rings (SSSR count). The van der Waals surface area contributed by atoms with Crippen molar-refractivity contribution in [2.45, 2.75) is 20.8 Å². The Balaban J connectivity index is 1.51. The number of benzene rings is 1. The average molecular weight is 422 g/mol. The lowest BCUT2D eigenvalue weighted by Crippen LogP contribution is -2.50. The standard InChI is InChI=1S/C24H26N2O5/c1-15(18-13-19-16(2)14-31-23(19)17(3)22(18)29-4)12-21(27)25-7-9-26(10-8-25)24(28)20-6-5-11-30-20/h5-6,11-14H,7-10H2,1-4H3/b15-12+. The zero-order chi connectivity index (χ0) is 22.1. The topological polar surface area (TPSA) is 76.1 Å². The van der Waals surface area contributed by atoms with Gasteiger partial charge in [0.2, 0.25) is 5.91 Å². The minimum atomic E-state index is -0.146. The maximum Gasteiger partial charge on any atom is 0.289 e. The van der Waals surface area contributed by atoms with Crippen molar-refractivity contribution in [3.05, 3.63) is 59.3 Å². The Hall–Kier alpha value is -3.48. The Bertz CT molecular complexity index is 1150. The number of piperazine rings is 1. The van der Waals surface area contributed by atoms with E-state index >= 15 is 0 Å². The molecule has 3 aromatic rings. The third kappa shape index (κ3) is 3.83. The summed E-state index contributed by atoms with van der Waals surface area (Å²) < 4.78 is 16.5. The predicted molar refractivity (Wildman–Crippen MR) is 117 cm³/mol. The zero-order valence-corrected chi connectivity index (χ0v) is 18.2. The van der Waals surface area contributed by atoms with Crippen LogP contribution in [0.4, 0.5) is 0 Å². The summed E-state index contributed by atoms with van der Waals surface area (Å²) in [6.45, 7) is 7.76. The average Bonchev–Trinajstić information content (AvgIpc) is 3.44. The van der Waals surface area contributed by atoms with Gasteiger partial charge in [-0.1, -0.05) is 0 Å². The molecule has 0 radical (unpaired) electrons. The van der Waals surface area contributed by atoms with E-state index < -0.39 is 0 Å². The summed E-state index contributed by atoms with van der Waals surface area (Å²) in [7, 11) is 1.62. The number of furan rings is 2. The molecule has 0 bridgehead atoms. The molecule has 1 aliphatic rings. The highest BCUT2D eigenvalue weighted by Gasteiger charge is 2.26. The third-order valence-electron chi connectivity index (χ3n) is 5.82. The number of nitrogens with zero attached hydrogens (tertiary/aromatic N) is 2. The maximum atomic E-state index is 12.9. The summed E-state index contributed by atoms with van der Waals surface area (Å²) in [6, 6.07) is 5.36. The minimum absolute atomic E-state index is 0.0775. The van der Waals surface area contributed by atoms with Gasteiger partial charge in [0, 0.05) is 48.8 Å². The molecular weight excluding hydrogens is 396 g/mol. The molecule has 0 N–H and O–H groups in total. The van der Waals surface area contributed by atoms with Crippen molar-refractivity contribution >= 4 is 28.4 Å². The van der Waals surface area contributed by atoms with Gasteiger partial charge in [-0.05, 0) is 50.1 Å². The van der Waals surface area contributed by atoms with E-state index in [0.29, 0.717) is 37.7 Å². The summed E-state index contributed by atoms with van der Waals surface area (Å²) >= 11 is 0. The molecular formula is C24H26N2O5. The van der Waals surface area contributed by atoms with Gasteiger partial charge in [0.1, 0.15) is 11.3 Å². The van der Waals surface area contributed by atoms with E-state index in [1.54, 1.807) is 41.4 Å². The summed E-state index contributed by atoms with van der Waals surface area (Å²) in [6.07, 6.45) is 4.86. The van der Waals surface area contributed by atoms with Crippen molar-refractivity contribution in [2.75, 3.05) is 33.3 Å². The van der Waals surface area contributed by atoms with E-state index in [1.165, 1.54) is 6.26 Å². The van der Waals surface area contributed by atoms with Crippen molar-refractivity contribution in [1.82, 2.24) is 9.80 Å². The summed E-state index contributed by atoms with van der Waals surface area (Å²) in [5, 5.41) is 1.01. The predicted octanol–water partition coefficient (Wildman–Crippen LogP) is 4.04. The van der Waals surface area contributed by atoms with Crippen molar-refractivity contribution in [1.29, 1.82) is 0 Å². The molecule has 0 aliphatic carbocycles. The molecule has 0 saturated carbocycles. The molecule has 1 saturated heterocycles. The quantitative estimate of drug-likeness (QED) is 0.593. The van der Waals surface area contributed by atoms with Crippen molar-refractivity contribution in [3.63, 3.8) is 0 Å². The van der Waals surface area contributed by atoms with Crippen LogP contribution in [0, 0.1) is 13.8 Å². The highest BCUT2D eigenvalue weighted by Crippen LogP contribution is 2.37. The minimum Gasteiger partial charge on any atom is -0.496 e. The van der Waals surface area contributed by atoms with E-state index in [4.69, 9.17) is 13.6 Å². The van der Waals surface area contributed by atoms with E-state index in [0.717, 1.165) is 33.2 Å². The van der Waals surface area contributed by atoms with Gasteiger partial charge < -0.3 is 23.4 Å². The molecule has 0 atom stereocenters. The molecule has 1 aliphatic heterocycles. The number of carbonyl (C=O) groups is 2. The smallest absolute Gasteiger partial charge is 0.289 e. The molecule has 162 valence electrons. The lowest BCUT2D eigenvalue weighted by Gasteiger charge is -2.33. The second-order valence-corrected chi connectivity index (χ2v) is 7.80. The Labute approximate surface area is 180 Å². The van der Waals surface area contributed by atoms with Gasteiger partial charge in [-0.2, -0.15) is 0 Å². The van der Waals surface area contributed by atoms with E-state index in [1.807, 2.05) is 26.8 Å². The number of rotatable bonds is 4. The number of hydrogen-bond acceptors (Lipinski definition) is 5. The van der Waals surface area contributed by atoms with Crippen LogP contribution >= 0.6 is 0 Å². The van der Waals surface area contributed by atoms with Crippen LogP contribution in [-0.2, 0) is 4.79 Å². The summed E-state index contributed by atoms with van der Waals surface area (Å²) in [5.41, 5.74) is 4.44. The second kappa shape index (κ2) is 8.34. The number of amides is 2. The number of fused-ring (bicyclic) bond motifs is 1. The van der Waals surface area contributed by atoms with E-state index in [9.17, 15) is 9.59 Å². The van der Waals surface area contributed by atoms with Gasteiger partial charge in [0.25, 0.3) is 5.91 Å². The van der Waals surface area contributed by atoms with Gasteiger partial charge in [-0.15, -0.1) is 0 Å². The fourth-order valence-corrected chi connectivity index (χ4v) is 4.03. The number of aryl methyl sites for hydroxylation is 2. The fourth-order valence-electron chi connectivity index (χ4n) is 4.03. The zero-order valence-electron chi connectivity index (χ0n) is 18.2. The van der Waals surface area contributed by atoms with Gasteiger partial charge in [-0.25, -0.2) is 0 Å². The SMILES string of the molecule is COc1c(/C(C)=C/C(=O)N2CCN(C(=O)c3ccco3)CC2)cc2c(C)coc2c1C. The molecule has 7 nitrogen and oxygen atoms in total. The molecule has 1 fully saturated rings. The third-order valence-corrected chi connectivity index (χ3v) is 5.82. The van der Waals surface area contributed by atoms with Crippen LogP contribution in [0.5, 0.6) is 5.75 Å². The number of allylic oxidation sites excluding steroid dienone is 1. The highest BCUT2D eigenvalue weighted by molar-refractivity contribution is 5.98. The Kier molecular flexibility index (Phi) is 5.59. The molecule has 0 unspecified atom stereocenters. The van der Waals surface area contributed by atoms with Crippen molar-refractivity contribution < 1.29 is 23.2 Å². The van der Waals surface area contributed by atoms with Crippen LogP contribution in [0.2, 0.25) is 0 Å². The first kappa shape index (κ1) is 20.8. The maximum absolute atomic E-state index is 12.9. The first-order valence-electron chi connectivity index (χ1n) is 10.3. The number of carbonyl (C=O) groups excluding carboxylic acids is 2. The van der Waals surface area contributed by atoms with Crippen LogP contribution in [0.1, 0.15) is 34.2 Å². The van der Waals surface area contributed by atoms with Crippen LogP contribution in [0.25, 0.3) is 16.5 Å². The monoisotopic (exact) mass is 422 g/mol. The Morgan fingerprint density at radius 1 is 1.10 bits per heavy atom. The molecule has 0 spiro atoms. The first-order chi connectivity index (χ1) is 14.9. The summed E-state index contributed by atoms with van der Waals surface area (Å²) in [5.74, 6) is 0.805. The number of ether oxygens (including phenoxy) is 1. The van der Waals surface area contributed by atoms with Gasteiger partial charge in [-0.3, -0.25) is 9.59 Å². The van der Waals surface area contributed by atoms with Crippen molar-refractivity contribution in [3.8, 4) is 5.75 Å². The molecule has 7 heteroatoms. The normalized spacial score (nSPS) is 14.9. The lowest BCUT2D eigenvalue weighted by atomic mass is 9.98. The molecule has 1 aromatic carbocycles. The Morgan fingerprint density at radius 2 is 1.81 bits per heavy atom. The number of methoxy groups -OCH3 is 1.